The Labute approximate surface area is 103 Å². The maximum atomic E-state index is 8.96. The molecule has 0 spiro atoms. The summed E-state index contributed by atoms with van der Waals surface area (Å²) in [5, 5.41) is 24.2. The minimum absolute atomic E-state index is 0.483. The average Bonchev–Trinajstić information content (AvgIpc) is 2.34. The van der Waals surface area contributed by atoms with Crippen LogP contribution in [-0.2, 0) is 0 Å². The second kappa shape index (κ2) is 7.11. The molecule has 0 aliphatic rings. The third-order valence-electron chi connectivity index (χ3n) is 2.50. The molecule has 0 saturated heterocycles. The number of benzene rings is 1. The van der Waals surface area contributed by atoms with Gasteiger partial charge in [-0.1, -0.05) is 30.8 Å². The zero-order chi connectivity index (χ0) is 12.7. The van der Waals surface area contributed by atoms with Crippen LogP contribution in [0.3, 0.4) is 0 Å². The first kappa shape index (κ1) is 13.8. The SMILES string of the molecule is C=C(NCCCNC)c1ccc(B(O)O)cc1. The van der Waals surface area contributed by atoms with Gasteiger partial charge in [-0.15, -0.1) is 0 Å². The maximum Gasteiger partial charge on any atom is 0.488 e. The lowest BCUT2D eigenvalue weighted by Gasteiger charge is -2.10. The fourth-order valence-corrected chi connectivity index (χ4v) is 1.46. The van der Waals surface area contributed by atoms with Gasteiger partial charge in [-0.25, -0.2) is 0 Å². The van der Waals surface area contributed by atoms with Crippen molar-refractivity contribution in [3.05, 3.63) is 36.4 Å². The fraction of sp³-hybridized carbons (Fsp3) is 0.333. The Balaban J connectivity index is 2.46. The van der Waals surface area contributed by atoms with Gasteiger partial charge in [-0.05, 0) is 31.0 Å². The van der Waals surface area contributed by atoms with Crippen molar-refractivity contribution in [3.8, 4) is 0 Å². The summed E-state index contributed by atoms with van der Waals surface area (Å²) >= 11 is 0. The van der Waals surface area contributed by atoms with Crippen LogP contribution in [0.15, 0.2) is 30.8 Å². The van der Waals surface area contributed by atoms with Gasteiger partial charge in [0.1, 0.15) is 0 Å². The van der Waals surface area contributed by atoms with Crippen LogP contribution in [0.1, 0.15) is 12.0 Å². The lowest BCUT2D eigenvalue weighted by atomic mass is 9.80. The topological polar surface area (TPSA) is 64.5 Å². The monoisotopic (exact) mass is 234 g/mol. The Kier molecular flexibility index (Phi) is 5.76. The van der Waals surface area contributed by atoms with Crippen LogP contribution in [0.4, 0.5) is 0 Å². The number of hydrogen-bond acceptors (Lipinski definition) is 4. The molecule has 0 aromatic heterocycles. The fourth-order valence-electron chi connectivity index (χ4n) is 1.46. The predicted molar refractivity (Wildman–Crippen MR) is 71.8 cm³/mol. The number of rotatable bonds is 7. The molecule has 0 atom stereocenters. The minimum Gasteiger partial charge on any atom is -0.423 e. The largest absolute Gasteiger partial charge is 0.488 e. The van der Waals surface area contributed by atoms with Crippen molar-refractivity contribution in [1.29, 1.82) is 0 Å². The van der Waals surface area contributed by atoms with Gasteiger partial charge < -0.3 is 20.7 Å². The molecule has 0 bridgehead atoms. The van der Waals surface area contributed by atoms with Crippen LogP contribution < -0.4 is 16.1 Å². The van der Waals surface area contributed by atoms with Crippen LogP contribution in [0.2, 0.25) is 0 Å². The van der Waals surface area contributed by atoms with E-state index in [1.165, 1.54) is 0 Å². The van der Waals surface area contributed by atoms with Crippen LogP contribution >= 0.6 is 0 Å². The van der Waals surface area contributed by atoms with Crippen molar-refractivity contribution in [2.24, 2.45) is 0 Å². The summed E-state index contributed by atoms with van der Waals surface area (Å²) in [5.74, 6) is 0. The van der Waals surface area contributed by atoms with E-state index < -0.39 is 7.12 Å². The lowest BCUT2D eigenvalue weighted by Crippen LogP contribution is -2.29. The molecule has 5 heteroatoms. The van der Waals surface area contributed by atoms with Gasteiger partial charge >= 0.3 is 7.12 Å². The van der Waals surface area contributed by atoms with Crippen molar-refractivity contribution < 1.29 is 10.0 Å². The summed E-state index contributed by atoms with van der Waals surface area (Å²) in [7, 11) is 0.509. The van der Waals surface area contributed by atoms with Crippen LogP contribution in [0.25, 0.3) is 5.70 Å². The molecule has 92 valence electrons. The predicted octanol–water partition coefficient (Wildman–Crippen LogP) is -0.464. The second-order valence-electron chi connectivity index (χ2n) is 3.86. The summed E-state index contributed by atoms with van der Waals surface area (Å²) in [4.78, 5) is 0. The highest BCUT2D eigenvalue weighted by Gasteiger charge is 2.10. The van der Waals surface area contributed by atoms with Gasteiger partial charge in [0.25, 0.3) is 0 Å². The Hall–Kier alpha value is -1.30. The molecule has 0 unspecified atom stereocenters. The van der Waals surface area contributed by atoms with Crippen molar-refractivity contribution in [3.63, 3.8) is 0 Å². The van der Waals surface area contributed by atoms with Gasteiger partial charge in [0, 0.05) is 12.2 Å². The van der Waals surface area contributed by atoms with Gasteiger partial charge in [0.2, 0.25) is 0 Å². The van der Waals surface area contributed by atoms with E-state index >= 15 is 0 Å². The third-order valence-corrected chi connectivity index (χ3v) is 2.50. The Morgan fingerprint density at radius 1 is 1.24 bits per heavy atom. The third kappa shape index (κ3) is 4.60. The van der Waals surface area contributed by atoms with Gasteiger partial charge in [-0.3, -0.25) is 0 Å². The van der Waals surface area contributed by atoms with Gasteiger partial charge in [0.15, 0.2) is 0 Å². The smallest absolute Gasteiger partial charge is 0.423 e. The maximum absolute atomic E-state index is 8.96. The zero-order valence-electron chi connectivity index (χ0n) is 10.1. The molecule has 0 radical (unpaired) electrons. The Morgan fingerprint density at radius 2 is 1.88 bits per heavy atom. The van der Waals surface area contributed by atoms with Crippen molar-refractivity contribution >= 4 is 18.3 Å². The van der Waals surface area contributed by atoms with Crippen LogP contribution in [0.5, 0.6) is 0 Å². The highest BCUT2D eigenvalue weighted by molar-refractivity contribution is 6.58. The Bertz CT molecular complexity index is 352. The highest BCUT2D eigenvalue weighted by atomic mass is 16.4. The van der Waals surface area contributed by atoms with E-state index in [4.69, 9.17) is 10.0 Å². The molecule has 0 aliphatic carbocycles. The second-order valence-corrected chi connectivity index (χ2v) is 3.86. The van der Waals surface area contributed by atoms with Gasteiger partial charge in [-0.2, -0.15) is 0 Å². The van der Waals surface area contributed by atoms with Crippen LogP contribution in [-0.4, -0.2) is 37.3 Å². The summed E-state index contributed by atoms with van der Waals surface area (Å²) in [5.41, 5.74) is 2.29. The van der Waals surface area contributed by atoms with Gasteiger partial charge in [0.05, 0.1) is 0 Å². The van der Waals surface area contributed by atoms with E-state index in [1.54, 1.807) is 12.1 Å². The van der Waals surface area contributed by atoms with E-state index in [0.29, 0.717) is 5.46 Å². The molecular weight excluding hydrogens is 215 g/mol. The standard InChI is InChI=1S/C12H19BN2O2/c1-10(15-9-3-8-14-2)11-4-6-12(7-5-11)13(16)17/h4-7,14-17H,1,3,8-9H2,2H3. The summed E-state index contributed by atoms with van der Waals surface area (Å²) in [6, 6.07) is 7.01. The molecule has 0 aliphatic heterocycles. The lowest BCUT2D eigenvalue weighted by molar-refractivity contribution is 0.426. The first-order valence-corrected chi connectivity index (χ1v) is 5.69. The molecule has 0 heterocycles. The quantitative estimate of drug-likeness (QED) is 0.380. The Morgan fingerprint density at radius 3 is 2.41 bits per heavy atom. The van der Waals surface area contributed by atoms with E-state index in [9.17, 15) is 0 Å². The first-order valence-electron chi connectivity index (χ1n) is 5.69. The highest BCUT2D eigenvalue weighted by Crippen LogP contribution is 2.07. The molecule has 1 aromatic carbocycles. The summed E-state index contributed by atoms with van der Waals surface area (Å²) in [6.07, 6.45) is 1.03. The molecule has 0 fully saturated rings. The summed E-state index contributed by atoms with van der Waals surface area (Å²) < 4.78 is 0. The molecule has 4 N–H and O–H groups in total. The minimum atomic E-state index is -1.42. The average molecular weight is 234 g/mol. The molecule has 4 nitrogen and oxygen atoms in total. The van der Waals surface area contributed by atoms with E-state index in [2.05, 4.69) is 17.2 Å². The molecule has 0 amide bonds. The molecule has 17 heavy (non-hydrogen) atoms. The zero-order valence-corrected chi connectivity index (χ0v) is 10.1. The molecule has 1 aromatic rings. The van der Waals surface area contributed by atoms with Crippen molar-refractivity contribution in [1.82, 2.24) is 10.6 Å². The van der Waals surface area contributed by atoms with Crippen molar-refractivity contribution in [2.45, 2.75) is 6.42 Å². The molecular formula is C12H19BN2O2. The first-order chi connectivity index (χ1) is 8.15. The van der Waals surface area contributed by atoms with E-state index in [-0.39, 0.29) is 0 Å². The van der Waals surface area contributed by atoms with E-state index in [0.717, 1.165) is 30.8 Å². The number of hydrogen-bond donors (Lipinski definition) is 4. The van der Waals surface area contributed by atoms with Crippen molar-refractivity contribution in [2.75, 3.05) is 20.1 Å². The number of nitrogens with one attached hydrogen (secondary N) is 2. The van der Waals surface area contributed by atoms with E-state index in [1.807, 2.05) is 19.2 Å². The molecule has 0 saturated carbocycles. The van der Waals surface area contributed by atoms with Crippen LogP contribution in [0, 0.1) is 0 Å². The molecule has 1 rings (SSSR count). The summed E-state index contributed by atoms with van der Waals surface area (Å²) in [6.45, 7) is 5.77. The normalized spacial score (nSPS) is 10.1.